The van der Waals surface area contributed by atoms with Gasteiger partial charge in [-0.3, -0.25) is 0 Å². The number of rotatable bonds is 3. The molecule has 0 unspecified atom stereocenters. The summed E-state index contributed by atoms with van der Waals surface area (Å²) in [5.41, 5.74) is 3.00. The van der Waals surface area contributed by atoms with Crippen LogP contribution in [0.1, 0.15) is 31.3 Å². The van der Waals surface area contributed by atoms with Crippen LogP contribution in [0.25, 0.3) is 0 Å². The Morgan fingerprint density at radius 1 is 1.55 bits per heavy atom. The minimum atomic E-state index is 0.300. The van der Waals surface area contributed by atoms with Gasteiger partial charge in [-0.05, 0) is 27.7 Å². The fourth-order valence-corrected chi connectivity index (χ4v) is 4.06. The first-order chi connectivity index (χ1) is 9.52. The van der Waals surface area contributed by atoms with E-state index in [1.54, 1.807) is 11.3 Å². The van der Waals surface area contributed by atoms with Crippen molar-refractivity contribution in [3.8, 4) is 0 Å². The molecule has 2 rings (SSSR count). The molecule has 0 aliphatic carbocycles. The Balaban J connectivity index is 2.07. The lowest BCUT2D eigenvalue weighted by Crippen LogP contribution is -2.50. The normalized spacial score (nSPS) is 19.2. The van der Waals surface area contributed by atoms with Crippen LogP contribution in [-0.4, -0.2) is 46.0 Å². The molecule has 1 saturated heterocycles. The molecule has 1 aliphatic rings. The Morgan fingerprint density at radius 3 is 2.95 bits per heavy atom. The van der Waals surface area contributed by atoms with Crippen LogP contribution in [0.4, 0.5) is 0 Å². The van der Waals surface area contributed by atoms with Crippen molar-refractivity contribution in [1.29, 1.82) is 0 Å². The molecular formula is C14H24N4S2. The van der Waals surface area contributed by atoms with Gasteiger partial charge in [0, 0.05) is 35.0 Å². The first kappa shape index (κ1) is 15.6. The molecule has 0 saturated carbocycles. The van der Waals surface area contributed by atoms with E-state index in [1.165, 1.54) is 4.88 Å². The summed E-state index contributed by atoms with van der Waals surface area (Å²) in [6, 6.07) is 0. The van der Waals surface area contributed by atoms with E-state index in [0.717, 1.165) is 43.6 Å². The van der Waals surface area contributed by atoms with Crippen LogP contribution in [0.3, 0.4) is 0 Å². The Labute approximate surface area is 130 Å². The molecule has 0 aromatic carbocycles. The van der Waals surface area contributed by atoms with Crippen molar-refractivity contribution in [2.24, 2.45) is 4.99 Å². The topological polar surface area (TPSA) is 40.5 Å². The van der Waals surface area contributed by atoms with Gasteiger partial charge in [0.2, 0.25) is 0 Å². The average Bonchev–Trinajstić information content (AvgIpc) is 2.79. The second kappa shape index (κ2) is 6.80. The van der Waals surface area contributed by atoms with Crippen LogP contribution in [0.2, 0.25) is 0 Å². The molecule has 6 heteroatoms. The predicted molar refractivity (Wildman–Crippen MR) is 89.8 cm³/mol. The lowest BCUT2D eigenvalue weighted by Gasteiger charge is -2.39. The first-order valence-electron chi connectivity index (χ1n) is 7.08. The van der Waals surface area contributed by atoms with Crippen LogP contribution in [-0.2, 0) is 6.54 Å². The molecule has 0 bridgehead atoms. The summed E-state index contributed by atoms with van der Waals surface area (Å²) < 4.78 is 0.300. The van der Waals surface area contributed by atoms with Crippen LogP contribution in [0, 0.1) is 6.92 Å². The van der Waals surface area contributed by atoms with Gasteiger partial charge in [0.25, 0.3) is 0 Å². The molecule has 0 atom stereocenters. The van der Waals surface area contributed by atoms with Gasteiger partial charge in [0.1, 0.15) is 0 Å². The third kappa shape index (κ3) is 4.12. The van der Waals surface area contributed by atoms with Gasteiger partial charge in [-0.25, -0.2) is 9.98 Å². The van der Waals surface area contributed by atoms with E-state index in [-0.39, 0.29) is 0 Å². The zero-order valence-corrected chi connectivity index (χ0v) is 14.4. The number of aromatic nitrogens is 1. The largest absolute Gasteiger partial charge is 0.357 e. The number of hydrogen-bond acceptors (Lipinski definition) is 4. The maximum atomic E-state index is 4.80. The van der Waals surface area contributed by atoms with Crippen LogP contribution < -0.4 is 5.32 Å². The maximum Gasteiger partial charge on any atom is 0.194 e. The molecule has 2 heterocycles. The van der Waals surface area contributed by atoms with Crippen molar-refractivity contribution in [2.75, 3.05) is 25.4 Å². The molecule has 0 radical (unpaired) electrons. The van der Waals surface area contributed by atoms with Gasteiger partial charge in [-0.1, -0.05) is 0 Å². The SMILES string of the molecule is CCNC(=NCc1scnc1C)N1CCSC(C)(C)C1. The van der Waals surface area contributed by atoms with Crippen molar-refractivity contribution in [3.05, 3.63) is 16.1 Å². The lowest BCUT2D eigenvalue weighted by molar-refractivity contribution is 0.376. The summed E-state index contributed by atoms with van der Waals surface area (Å²) in [6.45, 7) is 12.5. The van der Waals surface area contributed by atoms with Crippen LogP contribution in [0.15, 0.2) is 10.5 Å². The minimum absolute atomic E-state index is 0.300. The number of guanidine groups is 1. The predicted octanol–water partition coefficient (Wildman–Crippen LogP) is 2.74. The Kier molecular flexibility index (Phi) is 5.32. The standard InChI is InChI=1S/C14H24N4S2/c1-5-15-13(16-8-12-11(2)17-10-19-12)18-6-7-20-14(3,4)9-18/h10H,5-9H2,1-4H3,(H,15,16). The van der Waals surface area contributed by atoms with Crippen molar-refractivity contribution in [1.82, 2.24) is 15.2 Å². The molecule has 0 spiro atoms. The highest BCUT2D eigenvalue weighted by Gasteiger charge is 2.28. The number of nitrogens with zero attached hydrogens (tertiary/aromatic N) is 3. The van der Waals surface area contributed by atoms with Gasteiger partial charge < -0.3 is 10.2 Å². The summed E-state index contributed by atoms with van der Waals surface area (Å²) in [7, 11) is 0. The number of hydrogen-bond donors (Lipinski definition) is 1. The molecule has 1 aromatic rings. The number of thiazole rings is 1. The molecular weight excluding hydrogens is 288 g/mol. The molecule has 20 heavy (non-hydrogen) atoms. The second-order valence-electron chi connectivity index (χ2n) is 5.56. The van der Waals surface area contributed by atoms with Gasteiger partial charge in [0.15, 0.2) is 5.96 Å². The van der Waals surface area contributed by atoms with Crippen LogP contribution in [0.5, 0.6) is 0 Å². The van der Waals surface area contributed by atoms with Crippen molar-refractivity contribution >= 4 is 29.1 Å². The molecule has 112 valence electrons. The van der Waals surface area contributed by atoms with E-state index in [2.05, 4.69) is 42.9 Å². The first-order valence-corrected chi connectivity index (χ1v) is 8.94. The third-order valence-electron chi connectivity index (χ3n) is 3.28. The summed E-state index contributed by atoms with van der Waals surface area (Å²) in [5, 5.41) is 3.42. The van der Waals surface area contributed by atoms with Crippen LogP contribution >= 0.6 is 23.1 Å². The molecule has 1 N–H and O–H groups in total. The zero-order valence-electron chi connectivity index (χ0n) is 12.8. The van der Waals surface area contributed by atoms with Gasteiger partial charge >= 0.3 is 0 Å². The molecule has 1 aliphatic heterocycles. The summed E-state index contributed by atoms with van der Waals surface area (Å²) in [4.78, 5) is 12.7. The van der Waals surface area contributed by atoms with Crippen molar-refractivity contribution < 1.29 is 0 Å². The minimum Gasteiger partial charge on any atom is -0.357 e. The quantitative estimate of drug-likeness (QED) is 0.688. The van der Waals surface area contributed by atoms with E-state index in [1.807, 2.05) is 17.3 Å². The molecule has 0 amide bonds. The maximum absolute atomic E-state index is 4.80. The van der Waals surface area contributed by atoms with Crippen molar-refractivity contribution in [3.63, 3.8) is 0 Å². The Bertz CT molecular complexity index is 467. The molecule has 1 aromatic heterocycles. The van der Waals surface area contributed by atoms with E-state index in [4.69, 9.17) is 4.99 Å². The Hall–Kier alpha value is -0.750. The fourth-order valence-electron chi connectivity index (χ4n) is 2.25. The van der Waals surface area contributed by atoms with E-state index >= 15 is 0 Å². The van der Waals surface area contributed by atoms with E-state index < -0.39 is 0 Å². The number of aryl methyl sites for hydroxylation is 1. The number of aliphatic imine (C=N–C) groups is 1. The fraction of sp³-hybridized carbons (Fsp3) is 0.714. The zero-order chi connectivity index (χ0) is 14.6. The van der Waals surface area contributed by atoms with Gasteiger partial charge in [-0.15, -0.1) is 11.3 Å². The highest BCUT2D eigenvalue weighted by atomic mass is 32.2. The summed E-state index contributed by atoms with van der Waals surface area (Å²) >= 11 is 3.73. The highest BCUT2D eigenvalue weighted by Crippen LogP contribution is 2.29. The van der Waals surface area contributed by atoms with Gasteiger partial charge in [-0.2, -0.15) is 11.8 Å². The summed E-state index contributed by atoms with van der Waals surface area (Å²) in [5.74, 6) is 2.20. The number of thioether (sulfide) groups is 1. The average molecular weight is 313 g/mol. The van der Waals surface area contributed by atoms with Crippen molar-refractivity contribution in [2.45, 2.75) is 39.0 Å². The smallest absolute Gasteiger partial charge is 0.194 e. The van der Waals surface area contributed by atoms with Gasteiger partial charge in [0.05, 0.1) is 17.7 Å². The lowest BCUT2D eigenvalue weighted by atomic mass is 10.2. The second-order valence-corrected chi connectivity index (χ2v) is 8.30. The van der Waals surface area contributed by atoms with E-state index in [0.29, 0.717) is 4.75 Å². The summed E-state index contributed by atoms with van der Waals surface area (Å²) in [6.07, 6.45) is 0. The highest BCUT2D eigenvalue weighted by molar-refractivity contribution is 8.00. The number of nitrogens with one attached hydrogen (secondary N) is 1. The molecule has 4 nitrogen and oxygen atoms in total. The monoisotopic (exact) mass is 312 g/mol. The van der Waals surface area contributed by atoms with E-state index in [9.17, 15) is 0 Å². The third-order valence-corrected chi connectivity index (χ3v) is 5.49. The molecule has 1 fully saturated rings. The Morgan fingerprint density at radius 2 is 2.35 bits per heavy atom.